The Morgan fingerprint density at radius 2 is 1.35 bits per heavy atom. The number of pyridine rings is 1. The first-order chi connectivity index (χ1) is 20.9. The van der Waals surface area contributed by atoms with Crippen LogP contribution in [-0.2, 0) is 14.4 Å². The molecule has 2 N–H and O–H groups in total. The Kier molecular flexibility index (Phi) is 9.88. The van der Waals surface area contributed by atoms with Crippen LogP contribution in [0.5, 0.6) is 0 Å². The second kappa shape index (κ2) is 14.2. The summed E-state index contributed by atoms with van der Waals surface area (Å²) in [6.45, 7) is 1.17. The number of benzene rings is 2. The number of hydrogen-bond acceptors (Lipinski definition) is 6. The lowest BCUT2D eigenvalue weighted by molar-refractivity contribution is -0.134. The summed E-state index contributed by atoms with van der Waals surface area (Å²) in [5, 5.41) is 5.90. The van der Waals surface area contributed by atoms with Gasteiger partial charge in [-0.25, -0.2) is 0 Å². The maximum atomic E-state index is 13.0. The van der Waals surface area contributed by atoms with Crippen LogP contribution >= 0.6 is 11.8 Å². The summed E-state index contributed by atoms with van der Waals surface area (Å²) >= 11 is 1.47. The summed E-state index contributed by atoms with van der Waals surface area (Å²) in [5.41, 5.74) is 3.76. The molecule has 3 aromatic rings. The Balaban J connectivity index is 1.13. The molecule has 222 valence electrons. The van der Waals surface area contributed by atoms with Crippen LogP contribution < -0.4 is 10.6 Å². The molecule has 0 bridgehead atoms. The van der Waals surface area contributed by atoms with Gasteiger partial charge >= 0.3 is 0 Å². The summed E-state index contributed by atoms with van der Waals surface area (Å²) in [6.07, 6.45) is 11.9. The maximum Gasteiger partial charge on any atom is 0.256 e. The van der Waals surface area contributed by atoms with Crippen molar-refractivity contribution in [1.29, 1.82) is 0 Å². The van der Waals surface area contributed by atoms with E-state index in [4.69, 9.17) is 0 Å². The van der Waals surface area contributed by atoms with Crippen LogP contribution in [0.3, 0.4) is 0 Å². The van der Waals surface area contributed by atoms with Gasteiger partial charge in [-0.1, -0.05) is 36.4 Å². The third-order valence-electron chi connectivity index (χ3n) is 7.69. The molecular weight excluding hydrogens is 562 g/mol. The zero-order valence-corrected chi connectivity index (χ0v) is 24.9. The molecule has 2 aromatic carbocycles. The van der Waals surface area contributed by atoms with E-state index in [2.05, 4.69) is 15.6 Å². The summed E-state index contributed by atoms with van der Waals surface area (Å²) in [5.74, 6) is -0.132. The standard InChI is InChI=1S/C33H35N5O4S/c1-43-22-30(39)37-19-3-6-28(37)31(40)35-26-14-10-23(11-15-26)8-9-24-12-16-27(17-13-24)36-32(41)29-7-4-20-38(29)33(42)25-5-2-18-34-21-25/h2,5,8-18,21,28-29H,3-4,6-7,19-20,22H2,1H3,(H,35,40)(H,36,41)/b9-8+/t28-,29-/m0/s1. The van der Waals surface area contributed by atoms with E-state index in [-0.39, 0.29) is 23.6 Å². The van der Waals surface area contributed by atoms with E-state index < -0.39 is 12.1 Å². The van der Waals surface area contributed by atoms with Crippen LogP contribution in [0.1, 0.15) is 47.2 Å². The normalized spacial score (nSPS) is 18.2. The number of thioether (sulfide) groups is 1. The smallest absolute Gasteiger partial charge is 0.256 e. The predicted molar refractivity (Wildman–Crippen MR) is 170 cm³/mol. The molecule has 0 radical (unpaired) electrons. The largest absolute Gasteiger partial charge is 0.330 e. The fourth-order valence-electron chi connectivity index (χ4n) is 5.48. The molecule has 43 heavy (non-hydrogen) atoms. The van der Waals surface area contributed by atoms with Crippen LogP contribution in [0.4, 0.5) is 11.4 Å². The highest BCUT2D eigenvalue weighted by Crippen LogP contribution is 2.23. The summed E-state index contributed by atoms with van der Waals surface area (Å²) < 4.78 is 0. The van der Waals surface area contributed by atoms with E-state index in [0.29, 0.717) is 48.6 Å². The average molecular weight is 598 g/mol. The molecule has 2 fully saturated rings. The number of nitrogens with zero attached hydrogens (tertiary/aromatic N) is 3. The van der Waals surface area contributed by atoms with Crippen molar-refractivity contribution in [2.24, 2.45) is 0 Å². The van der Waals surface area contributed by atoms with Gasteiger partial charge in [0, 0.05) is 36.9 Å². The van der Waals surface area contributed by atoms with Gasteiger partial charge in [0.05, 0.1) is 11.3 Å². The second-order valence-corrected chi connectivity index (χ2v) is 11.5. The Hall–Kier alpha value is -4.44. The number of carbonyl (C=O) groups excluding carboxylic acids is 4. The van der Waals surface area contributed by atoms with Crippen molar-refractivity contribution >= 4 is 58.9 Å². The highest BCUT2D eigenvalue weighted by Gasteiger charge is 2.35. The predicted octanol–water partition coefficient (Wildman–Crippen LogP) is 4.79. The number of hydrogen-bond donors (Lipinski definition) is 2. The molecule has 3 heterocycles. The van der Waals surface area contributed by atoms with Gasteiger partial charge < -0.3 is 20.4 Å². The maximum absolute atomic E-state index is 13.0. The van der Waals surface area contributed by atoms with E-state index in [9.17, 15) is 19.2 Å². The zero-order valence-electron chi connectivity index (χ0n) is 24.1. The third-order valence-corrected chi connectivity index (χ3v) is 8.23. The van der Waals surface area contributed by atoms with E-state index >= 15 is 0 Å². The Morgan fingerprint density at radius 1 is 0.814 bits per heavy atom. The number of carbonyl (C=O) groups is 4. The fourth-order valence-corrected chi connectivity index (χ4v) is 5.89. The summed E-state index contributed by atoms with van der Waals surface area (Å²) in [6, 6.07) is 17.6. The van der Waals surface area contributed by atoms with Crippen LogP contribution in [0, 0.1) is 0 Å². The van der Waals surface area contributed by atoms with Gasteiger partial charge in [0.2, 0.25) is 17.7 Å². The first-order valence-electron chi connectivity index (χ1n) is 14.4. The topological polar surface area (TPSA) is 112 Å². The number of rotatable bonds is 9. The van der Waals surface area contributed by atoms with Gasteiger partial charge in [-0.2, -0.15) is 11.8 Å². The molecule has 0 spiro atoms. The Labute approximate surface area is 255 Å². The summed E-state index contributed by atoms with van der Waals surface area (Å²) in [4.78, 5) is 58.4. The van der Waals surface area contributed by atoms with Crippen molar-refractivity contribution < 1.29 is 19.2 Å². The number of anilines is 2. The molecule has 0 aliphatic carbocycles. The van der Waals surface area contributed by atoms with Crippen molar-refractivity contribution in [3.05, 3.63) is 89.7 Å². The van der Waals surface area contributed by atoms with E-state index in [0.717, 1.165) is 24.0 Å². The number of amides is 4. The molecule has 1 aromatic heterocycles. The number of aromatic nitrogens is 1. The van der Waals surface area contributed by atoms with Crippen molar-refractivity contribution in [3.63, 3.8) is 0 Å². The zero-order chi connectivity index (χ0) is 30.2. The van der Waals surface area contributed by atoms with Crippen molar-refractivity contribution in [1.82, 2.24) is 14.8 Å². The fraction of sp³-hybridized carbons (Fsp3) is 0.303. The second-order valence-electron chi connectivity index (χ2n) is 10.6. The lowest BCUT2D eigenvalue weighted by Crippen LogP contribution is -2.43. The molecule has 4 amide bonds. The van der Waals surface area contributed by atoms with Crippen LogP contribution in [0.15, 0.2) is 73.1 Å². The van der Waals surface area contributed by atoms with E-state index in [1.807, 2.05) is 66.9 Å². The highest BCUT2D eigenvalue weighted by molar-refractivity contribution is 7.99. The molecule has 0 saturated carbocycles. The molecule has 2 aliphatic heterocycles. The molecule has 2 saturated heterocycles. The van der Waals surface area contributed by atoms with E-state index in [1.54, 1.807) is 28.1 Å². The highest BCUT2D eigenvalue weighted by atomic mass is 32.2. The van der Waals surface area contributed by atoms with Gasteiger partial charge in [0.1, 0.15) is 12.1 Å². The Morgan fingerprint density at radius 3 is 1.86 bits per heavy atom. The Bertz CT molecular complexity index is 1480. The summed E-state index contributed by atoms with van der Waals surface area (Å²) in [7, 11) is 0. The minimum absolute atomic E-state index is 0.00906. The molecule has 5 rings (SSSR count). The molecule has 0 unspecified atom stereocenters. The lowest BCUT2D eigenvalue weighted by atomic mass is 10.1. The van der Waals surface area contributed by atoms with Crippen LogP contribution in [0.2, 0.25) is 0 Å². The van der Waals surface area contributed by atoms with Gasteiger partial charge in [-0.15, -0.1) is 0 Å². The average Bonchev–Trinajstić information content (AvgIpc) is 3.73. The third kappa shape index (κ3) is 7.50. The van der Waals surface area contributed by atoms with E-state index in [1.165, 1.54) is 18.0 Å². The monoisotopic (exact) mass is 597 g/mol. The van der Waals surface area contributed by atoms with Gasteiger partial charge in [-0.05, 0) is 79.5 Å². The SMILES string of the molecule is CSCC(=O)N1CCC[C@H]1C(=O)Nc1ccc(/C=C/c2ccc(NC(=O)[C@@H]3CCCN3C(=O)c3cccnc3)cc2)cc1. The quantitative estimate of drug-likeness (QED) is 0.343. The molecule has 9 nitrogen and oxygen atoms in total. The van der Waals surface area contributed by atoms with Gasteiger partial charge in [0.15, 0.2) is 0 Å². The first-order valence-corrected chi connectivity index (χ1v) is 15.8. The van der Waals surface area contributed by atoms with Crippen LogP contribution in [-0.4, -0.2) is 75.6 Å². The van der Waals surface area contributed by atoms with Crippen molar-refractivity contribution in [2.75, 3.05) is 35.7 Å². The van der Waals surface area contributed by atoms with Crippen LogP contribution in [0.25, 0.3) is 12.2 Å². The lowest BCUT2D eigenvalue weighted by Gasteiger charge is -2.24. The minimum atomic E-state index is -0.514. The van der Waals surface area contributed by atoms with Gasteiger partial charge in [0.25, 0.3) is 5.91 Å². The number of nitrogens with one attached hydrogen (secondary N) is 2. The molecular formula is C33H35N5O4S. The number of likely N-dealkylation sites (tertiary alicyclic amines) is 2. The first kappa shape index (κ1) is 30.0. The molecule has 2 aliphatic rings. The van der Waals surface area contributed by atoms with Crippen molar-refractivity contribution in [2.45, 2.75) is 37.8 Å². The van der Waals surface area contributed by atoms with Gasteiger partial charge in [-0.3, -0.25) is 24.2 Å². The molecule has 10 heteroatoms. The minimum Gasteiger partial charge on any atom is -0.330 e. The van der Waals surface area contributed by atoms with Crippen molar-refractivity contribution in [3.8, 4) is 0 Å². The molecule has 2 atom stereocenters.